The predicted octanol–water partition coefficient (Wildman–Crippen LogP) is 3.67. The number of nitrogens with one attached hydrogen (secondary N) is 1. The van der Waals surface area contributed by atoms with Crippen molar-refractivity contribution in [3.05, 3.63) is 69.2 Å². The van der Waals surface area contributed by atoms with E-state index < -0.39 is 0 Å². The summed E-state index contributed by atoms with van der Waals surface area (Å²) >= 11 is 6.04. The fourth-order valence-electron chi connectivity index (χ4n) is 3.10. The molecule has 0 spiro atoms. The third-order valence-electron chi connectivity index (χ3n) is 4.41. The van der Waals surface area contributed by atoms with Crippen molar-refractivity contribution in [3.8, 4) is 5.75 Å². The summed E-state index contributed by atoms with van der Waals surface area (Å²) < 4.78 is 7.16. The van der Waals surface area contributed by atoms with Crippen LogP contribution >= 0.6 is 11.6 Å². The minimum Gasteiger partial charge on any atom is -0.497 e. The molecule has 0 saturated heterocycles. The highest BCUT2D eigenvalue weighted by atomic mass is 35.5. The maximum absolute atomic E-state index is 12.4. The maximum Gasteiger partial charge on any atom is 0.276 e. The lowest BCUT2D eigenvalue weighted by molar-refractivity contribution is 0.414. The summed E-state index contributed by atoms with van der Waals surface area (Å²) in [6.07, 6.45) is 0.629. The Bertz CT molecular complexity index is 1140. The van der Waals surface area contributed by atoms with Crippen molar-refractivity contribution in [3.63, 3.8) is 0 Å². The van der Waals surface area contributed by atoms with E-state index >= 15 is 0 Å². The number of H-pyrrole nitrogens is 1. The molecule has 4 rings (SSSR count). The first-order valence-electron chi connectivity index (χ1n) is 7.86. The van der Waals surface area contributed by atoms with E-state index in [4.69, 9.17) is 16.3 Å². The molecule has 0 radical (unpaired) electrons. The molecular weight excluding hydrogens is 338 g/mol. The van der Waals surface area contributed by atoms with Crippen LogP contribution in [0.4, 0.5) is 0 Å². The Hall–Kier alpha value is -2.79. The molecule has 126 valence electrons. The number of hydrogen-bond donors (Lipinski definition) is 1. The summed E-state index contributed by atoms with van der Waals surface area (Å²) in [5.74, 6) is 1.64. The van der Waals surface area contributed by atoms with Crippen LogP contribution in [0.25, 0.3) is 21.9 Å². The Kier molecular flexibility index (Phi) is 3.73. The average Bonchev–Trinajstić information content (AvgIpc) is 2.93. The highest BCUT2D eigenvalue weighted by Crippen LogP contribution is 2.25. The van der Waals surface area contributed by atoms with Gasteiger partial charge in [0.05, 0.1) is 18.1 Å². The largest absolute Gasteiger partial charge is 0.497 e. The number of fused-ring (bicyclic) bond motifs is 3. The number of imidazole rings is 1. The van der Waals surface area contributed by atoms with Gasteiger partial charge in [0.15, 0.2) is 5.52 Å². The van der Waals surface area contributed by atoms with Crippen molar-refractivity contribution in [2.45, 2.75) is 6.42 Å². The SMILES string of the molecule is COc1ccc(Cc2nc3c(=O)[nH]c4cc(Cl)ccc4c3n2C)cc1. The minimum absolute atomic E-state index is 0.207. The second kappa shape index (κ2) is 5.93. The van der Waals surface area contributed by atoms with Gasteiger partial charge in [-0.25, -0.2) is 4.98 Å². The number of pyridine rings is 1. The molecular formula is C19H16ClN3O2. The molecule has 0 saturated carbocycles. The van der Waals surface area contributed by atoms with Gasteiger partial charge in [0, 0.05) is 23.9 Å². The van der Waals surface area contributed by atoms with Crippen LogP contribution in [0.5, 0.6) is 5.75 Å². The van der Waals surface area contributed by atoms with Gasteiger partial charge in [-0.2, -0.15) is 0 Å². The van der Waals surface area contributed by atoms with Crippen molar-refractivity contribution in [2.24, 2.45) is 7.05 Å². The van der Waals surface area contributed by atoms with Gasteiger partial charge in [-0.15, -0.1) is 0 Å². The minimum atomic E-state index is -0.207. The van der Waals surface area contributed by atoms with Crippen LogP contribution in [0.1, 0.15) is 11.4 Å². The molecule has 0 fully saturated rings. The normalized spacial score (nSPS) is 11.3. The van der Waals surface area contributed by atoms with Gasteiger partial charge in [0.25, 0.3) is 5.56 Å². The smallest absolute Gasteiger partial charge is 0.276 e. The second-order valence-electron chi connectivity index (χ2n) is 5.95. The molecule has 2 heterocycles. The Balaban J connectivity index is 1.87. The van der Waals surface area contributed by atoms with E-state index in [9.17, 15) is 4.79 Å². The van der Waals surface area contributed by atoms with E-state index in [2.05, 4.69) is 9.97 Å². The predicted molar refractivity (Wildman–Crippen MR) is 99.7 cm³/mol. The van der Waals surface area contributed by atoms with Crippen molar-refractivity contribution >= 4 is 33.5 Å². The number of ether oxygens (including phenoxy) is 1. The van der Waals surface area contributed by atoms with Gasteiger partial charge in [-0.3, -0.25) is 4.79 Å². The quantitative estimate of drug-likeness (QED) is 0.611. The molecule has 6 heteroatoms. The number of methoxy groups -OCH3 is 1. The first-order chi connectivity index (χ1) is 12.1. The maximum atomic E-state index is 12.4. The lowest BCUT2D eigenvalue weighted by Gasteiger charge is -2.06. The van der Waals surface area contributed by atoms with Gasteiger partial charge in [-0.05, 0) is 35.9 Å². The molecule has 2 aromatic carbocycles. The first kappa shape index (κ1) is 15.7. The van der Waals surface area contributed by atoms with Crippen molar-refractivity contribution < 1.29 is 4.74 Å². The van der Waals surface area contributed by atoms with Crippen LogP contribution in [-0.2, 0) is 13.5 Å². The molecule has 2 aromatic heterocycles. The highest BCUT2D eigenvalue weighted by Gasteiger charge is 2.15. The molecule has 0 atom stereocenters. The Labute approximate surface area is 148 Å². The zero-order chi connectivity index (χ0) is 17.6. The summed E-state index contributed by atoms with van der Waals surface area (Å²) in [7, 11) is 3.58. The lowest BCUT2D eigenvalue weighted by atomic mass is 10.1. The molecule has 0 unspecified atom stereocenters. The van der Waals surface area contributed by atoms with Gasteiger partial charge in [0.1, 0.15) is 11.6 Å². The van der Waals surface area contributed by atoms with Gasteiger partial charge < -0.3 is 14.3 Å². The molecule has 0 aliphatic heterocycles. The highest BCUT2D eigenvalue weighted by molar-refractivity contribution is 6.31. The van der Waals surface area contributed by atoms with Crippen LogP contribution in [-0.4, -0.2) is 21.6 Å². The molecule has 0 aliphatic carbocycles. The third kappa shape index (κ3) is 2.66. The molecule has 25 heavy (non-hydrogen) atoms. The Morgan fingerprint density at radius 1 is 1.20 bits per heavy atom. The van der Waals surface area contributed by atoms with E-state index in [1.54, 1.807) is 13.2 Å². The number of hydrogen-bond acceptors (Lipinski definition) is 3. The summed E-state index contributed by atoms with van der Waals surface area (Å²) in [6, 6.07) is 13.3. The molecule has 0 amide bonds. The summed E-state index contributed by atoms with van der Waals surface area (Å²) in [5.41, 5.74) is 2.87. The number of aromatic nitrogens is 3. The van der Waals surface area contributed by atoms with Crippen LogP contribution < -0.4 is 10.3 Å². The number of benzene rings is 2. The summed E-state index contributed by atoms with van der Waals surface area (Å²) in [6.45, 7) is 0. The van der Waals surface area contributed by atoms with E-state index in [1.165, 1.54) is 0 Å². The van der Waals surface area contributed by atoms with Gasteiger partial charge in [-0.1, -0.05) is 23.7 Å². The number of nitrogens with zero attached hydrogens (tertiary/aromatic N) is 2. The van der Waals surface area contributed by atoms with Gasteiger partial charge >= 0.3 is 0 Å². The molecule has 0 aliphatic rings. The summed E-state index contributed by atoms with van der Waals surface area (Å²) in [4.78, 5) is 19.9. The average molecular weight is 354 g/mol. The van der Waals surface area contributed by atoms with E-state index in [0.29, 0.717) is 22.5 Å². The number of rotatable bonds is 3. The number of halogens is 1. The van der Waals surface area contributed by atoms with Gasteiger partial charge in [0.2, 0.25) is 0 Å². The topological polar surface area (TPSA) is 59.9 Å². The lowest BCUT2D eigenvalue weighted by Crippen LogP contribution is -2.06. The van der Waals surface area contributed by atoms with Crippen LogP contribution in [0.2, 0.25) is 5.02 Å². The fraction of sp³-hybridized carbons (Fsp3) is 0.158. The van der Waals surface area contributed by atoms with Crippen molar-refractivity contribution in [1.82, 2.24) is 14.5 Å². The van der Waals surface area contributed by atoms with Crippen LogP contribution in [0, 0.1) is 0 Å². The number of aryl methyl sites for hydroxylation is 1. The van der Waals surface area contributed by atoms with Crippen LogP contribution in [0.15, 0.2) is 47.3 Å². The molecule has 5 nitrogen and oxygen atoms in total. The zero-order valence-electron chi connectivity index (χ0n) is 13.8. The standard InChI is InChI=1S/C19H16ClN3O2/c1-23-16(9-11-3-6-13(25-2)7-4-11)22-17-18(23)14-8-5-12(20)10-15(14)21-19(17)24/h3-8,10H,9H2,1-2H3,(H,21,24). The fourth-order valence-corrected chi connectivity index (χ4v) is 3.28. The zero-order valence-corrected chi connectivity index (χ0v) is 14.6. The van der Waals surface area contributed by atoms with Crippen LogP contribution in [0.3, 0.4) is 0 Å². The van der Waals surface area contributed by atoms with E-state index in [1.807, 2.05) is 48.0 Å². The monoisotopic (exact) mass is 353 g/mol. The first-order valence-corrected chi connectivity index (χ1v) is 8.24. The van der Waals surface area contributed by atoms with Crippen molar-refractivity contribution in [2.75, 3.05) is 7.11 Å². The molecule has 4 aromatic rings. The van der Waals surface area contributed by atoms with E-state index in [0.717, 1.165) is 28.0 Å². The Morgan fingerprint density at radius 3 is 2.68 bits per heavy atom. The second-order valence-corrected chi connectivity index (χ2v) is 6.39. The molecule has 1 N–H and O–H groups in total. The summed E-state index contributed by atoms with van der Waals surface area (Å²) in [5, 5.41) is 1.51. The third-order valence-corrected chi connectivity index (χ3v) is 4.64. The number of aromatic amines is 1. The Morgan fingerprint density at radius 2 is 1.96 bits per heavy atom. The van der Waals surface area contributed by atoms with Crippen molar-refractivity contribution in [1.29, 1.82) is 0 Å². The molecule has 0 bridgehead atoms. The van der Waals surface area contributed by atoms with E-state index in [-0.39, 0.29) is 5.56 Å².